The topological polar surface area (TPSA) is 75.7 Å². The van der Waals surface area contributed by atoms with Gasteiger partial charge in [-0.05, 0) is 49.8 Å². The molecule has 146 valence electrons. The van der Waals surface area contributed by atoms with E-state index in [1.165, 1.54) is 36.9 Å². The lowest BCUT2D eigenvalue weighted by atomic mass is 10.0. The minimum Gasteiger partial charge on any atom is -0.465 e. The van der Waals surface area contributed by atoms with Gasteiger partial charge in [-0.3, -0.25) is 0 Å². The third kappa shape index (κ3) is 5.38. The van der Waals surface area contributed by atoms with E-state index in [0.717, 1.165) is 12.0 Å². The summed E-state index contributed by atoms with van der Waals surface area (Å²) >= 11 is 0. The predicted octanol–water partition coefficient (Wildman–Crippen LogP) is 2.62. The molecule has 0 amide bonds. The second kappa shape index (κ2) is 9.12. The van der Waals surface area contributed by atoms with Gasteiger partial charge in [-0.1, -0.05) is 37.3 Å². The molecule has 0 heterocycles. The van der Waals surface area contributed by atoms with E-state index in [1.807, 2.05) is 31.1 Å². The molecular weight excluding hydrogens is 364 g/mol. The minimum atomic E-state index is -3.76. The summed E-state index contributed by atoms with van der Waals surface area (Å²) in [6.07, 6.45) is 0.954. The molecule has 0 aliphatic carbocycles. The van der Waals surface area contributed by atoms with Crippen molar-refractivity contribution in [1.82, 2.24) is 9.62 Å². The van der Waals surface area contributed by atoms with Gasteiger partial charge in [-0.15, -0.1) is 0 Å². The predicted molar refractivity (Wildman–Crippen MR) is 105 cm³/mol. The zero-order valence-corrected chi connectivity index (χ0v) is 16.9. The molecule has 0 bridgehead atoms. The molecular formula is C20H26N2O4S. The number of esters is 1. The first-order valence-corrected chi connectivity index (χ1v) is 10.2. The van der Waals surface area contributed by atoms with Gasteiger partial charge < -0.3 is 9.64 Å². The van der Waals surface area contributed by atoms with Crippen LogP contribution in [-0.4, -0.2) is 47.0 Å². The van der Waals surface area contributed by atoms with E-state index in [-0.39, 0.29) is 23.0 Å². The number of aryl methyl sites for hydroxylation is 1. The van der Waals surface area contributed by atoms with Crippen LogP contribution in [0.4, 0.5) is 0 Å². The molecule has 0 spiro atoms. The number of hydrogen-bond donors (Lipinski definition) is 1. The highest BCUT2D eigenvalue weighted by atomic mass is 32.2. The van der Waals surface area contributed by atoms with E-state index in [4.69, 9.17) is 0 Å². The molecule has 2 rings (SSSR count). The van der Waals surface area contributed by atoms with E-state index < -0.39 is 16.0 Å². The van der Waals surface area contributed by atoms with Gasteiger partial charge in [0.1, 0.15) is 0 Å². The number of carbonyl (C=O) groups is 1. The van der Waals surface area contributed by atoms with Gasteiger partial charge in [0.05, 0.1) is 17.6 Å². The van der Waals surface area contributed by atoms with E-state index in [1.54, 1.807) is 0 Å². The van der Waals surface area contributed by atoms with Gasteiger partial charge in [0, 0.05) is 12.6 Å². The Kier molecular flexibility index (Phi) is 7.12. The summed E-state index contributed by atoms with van der Waals surface area (Å²) in [6.45, 7) is 2.30. The van der Waals surface area contributed by atoms with Gasteiger partial charge in [-0.2, -0.15) is 0 Å². The van der Waals surface area contributed by atoms with Crippen molar-refractivity contribution in [3.8, 4) is 0 Å². The lowest BCUT2D eigenvalue weighted by Gasteiger charge is -2.25. The maximum atomic E-state index is 12.7. The highest BCUT2D eigenvalue weighted by Gasteiger charge is 2.21. The minimum absolute atomic E-state index is 0.0317. The van der Waals surface area contributed by atoms with Crippen LogP contribution in [0.25, 0.3) is 0 Å². The second-order valence-corrected chi connectivity index (χ2v) is 8.21. The van der Waals surface area contributed by atoms with Crippen LogP contribution < -0.4 is 4.72 Å². The van der Waals surface area contributed by atoms with Crippen molar-refractivity contribution in [3.05, 3.63) is 65.2 Å². The number of ether oxygens (including phenoxy) is 1. The summed E-state index contributed by atoms with van der Waals surface area (Å²) in [4.78, 5) is 13.6. The Hall–Kier alpha value is -2.22. The van der Waals surface area contributed by atoms with Crippen molar-refractivity contribution in [3.63, 3.8) is 0 Å². The molecule has 0 saturated heterocycles. The number of benzene rings is 2. The van der Waals surface area contributed by atoms with Crippen LogP contribution in [0.2, 0.25) is 0 Å². The highest BCUT2D eigenvalue weighted by Crippen LogP contribution is 2.20. The summed E-state index contributed by atoms with van der Waals surface area (Å²) < 4.78 is 32.6. The fraction of sp³-hybridized carbons (Fsp3) is 0.350. The number of nitrogens with zero attached hydrogens (tertiary/aromatic N) is 1. The number of likely N-dealkylation sites (N-methyl/N-ethyl adjacent to an activating group) is 1. The molecule has 0 fully saturated rings. The third-order valence-corrected chi connectivity index (χ3v) is 5.85. The van der Waals surface area contributed by atoms with Crippen LogP contribution in [-0.2, 0) is 21.2 Å². The molecule has 2 aromatic carbocycles. The number of carbonyl (C=O) groups excluding carboxylic acids is 1. The van der Waals surface area contributed by atoms with Crippen molar-refractivity contribution in [2.24, 2.45) is 0 Å². The molecule has 2 aromatic rings. The Morgan fingerprint density at radius 1 is 1.15 bits per heavy atom. The second-order valence-electron chi connectivity index (χ2n) is 6.45. The van der Waals surface area contributed by atoms with Crippen molar-refractivity contribution in [2.75, 3.05) is 27.7 Å². The molecule has 0 unspecified atom stereocenters. The average molecular weight is 391 g/mol. The van der Waals surface area contributed by atoms with Gasteiger partial charge >= 0.3 is 5.97 Å². The maximum Gasteiger partial charge on any atom is 0.337 e. The molecule has 0 aromatic heterocycles. The first-order chi connectivity index (χ1) is 12.8. The quantitative estimate of drug-likeness (QED) is 0.701. The summed E-state index contributed by atoms with van der Waals surface area (Å²) in [5, 5.41) is 0. The molecule has 0 aliphatic heterocycles. The molecule has 27 heavy (non-hydrogen) atoms. The van der Waals surface area contributed by atoms with Crippen molar-refractivity contribution in [2.45, 2.75) is 24.3 Å². The van der Waals surface area contributed by atoms with Crippen molar-refractivity contribution in [1.29, 1.82) is 0 Å². The number of hydrogen-bond acceptors (Lipinski definition) is 5. The Bertz CT molecular complexity index is 877. The Morgan fingerprint density at radius 2 is 1.81 bits per heavy atom. The number of rotatable bonds is 8. The first kappa shape index (κ1) is 21.1. The van der Waals surface area contributed by atoms with E-state index in [9.17, 15) is 13.2 Å². The normalized spacial score (nSPS) is 12.8. The van der Waals surface area contributed by atoms with Crippen LogP contribution in [0.5, 0.6) is 0 Å². The number of nitrogens with one attached hydrogen (secondary N) is 1. The molecule has 1 N–H and O–H groups in total. The molecule has 0 aliphatic rings. The lowest BCUT2D eigenvalue weighted by Crippen LogP contribution is -2.34. The average Bonchev–Trinajstić information content (AvgIpc) is 2.67. The van der Waals surface area contributed by atoms with E-state index in [2.05, 4.69) is 28.5 Å². The van der Waals surface area contributed by atoms with Crippen LogP contribution in [0.15, 0.2) is 53.4 Å². The standard InChI is InChI=1S/C20H26N2O4S/c1-5-15-9-11-16(12-10-15)19(22(2)3)14-21-27(24,25)18-8-6-7-17(13-18)20(23)26-4/h6-13,19,21H,5,14H2,1-4H3/t19-/m1/s1. The molecule has 7 heteroatoms. The Morgan fingerprint density at radius 3 is 2.37 bits per heavy atom. The monoisotopic (exact) mass is 390 g/mol. The Labute approximate surface area is 161 Å². The van der Waals surface area contributed by atoms with E-state index in [0.29, 0.717) is 0 Å². The summed E-state index contributed by atoms with van der Waals surface area (Å²) in [7, 11) is 1.31. The lowest BCUT2D eigenvalue weighted by molar-refractivity contribution is 0.0600. The van der Waals surface area contributed by atoms with Crippen LogP contribution in [0, 0.1) is 0 Å². The fourth-order valence-electron chi connectivity index (χ4n) is 2.75. The SMILES string of the molecule is CCc1ccc([C@@H](CNS(=O)(=O)c2cccc(C(=O)OC)c2)N(C)C)cc1. The zero-order chi connectivity index (χ0) is 20.0. The largest absolute Gasteiger partial charge is 0.465 e. The number of sulfonamides is 1. The third-order valence-electron chi connectivity index (χ3n) is 4.43. The van der Waals surface area contributed by atoms with Gasteiger partial charge in [0.2, 0.25) is 10.0 Å². The molecule has 0 saturated carbocycles. The highest BCUT2D eigenvalue weighted by molar-refractivity contribution is 7.89. The maximum absolute atomic E-state index is 12.7. The van der Waals surface area contributed by atoms with E-state index >= 15 is 0 Å². The molecule has 6 nitrogen and oxygen atoms in total. The van der Waals surface area contributed by atoms with Gasteiger partial charge in [-0.25, -0.2) is 17.9 Å². The van der Waals surface area contributed by atoms with Crippen molar-refractivity contribution >= 4 is 16.0 Å². The van der Waals surface area contributed by atoms with Crippen LogP contribution in [0.1, 0.15) is 34.5 Å². The van der Waals surface area contributed by atoms with Gasteiger partial charge in [0.25, 0.3) is 0 Å². The van der Waals surface area contributed by atoms with Crippen LogP contribution in [0.3, 0.4) is 0 Å². The van der Waals surface area contributed by atoms with Crippen molar-refractivity contribution < 1.29 is 17.9 Å². The Balaban J connectivity index is 2.19. The zero-order valence-electron chi connectivity index (χ0n) is 16.1. The first-order valence-electron chi connectivity index (χ1n) is 8.71. The van der Waals surface area contributed by atoms with Crippen LogP contribution >= 0.6 is 0 Å². The fourth-order valence-corrected chi connectivity index (χ4v) is 3.84. The summed E-state index contributed by atoms with van der Waals surface area (Å²) in [5.41, 5.74) is 2.46. The molecule has 0 radical (unpaired) electrons. The summed E-state index contributed by atoms with van der Waals surface area (Å²) in [6, 6.07) is 13.8. The summed E-state index contributed by atoms with van der Waals surface area (Å²) in [5.74, 6) is -0.575. The molecule has 1 atom stereocenters. The smallest absolute Gasteiger partial charge is 0.337 e. The van der Waals surface area contributed by atoms with Gasteiger partial charge in [0.15, 0.2) is 0 Å². The number of methoxy groups -OCH3 is 1.